The van der Waals surface area contributed by atoms with Gasteiger partial charge in [0.25, 0.3) is 0 Å². The molecule has 2 aliphatic carbocycles. The molecule has 0 N–H and O–H groups in total. The minimum absolute atomic E-state index is 0.359. The Morgan fingerprint density at radius 3 is 1.96 bits per heavy atom. The summed E-state index contributed by atoms with van der Waals surface area (Å²) in [5.41, 5.74) is 1.84. The molecule has 0 unspecified atom stereocenters. The molecule has 0 heterocycles. The van der Waals surface area contributed by atoms with E-state index in [0.717, 1.165) is 56.9 Å². The van der Waals surface area contributed by atoms with E-state index in [4.69, 9.17) is 5.26 Å². The van der Waals surface area contributed by atoms with Crippen molar-refractivity contribution in [3.05, 3.63) is 59.7 Å². The maximum Gasteiger partial charge on any atom is 0.416 e. The Kier molecular flexibility index (Phi) is 6.65. The van der Waals surface area contributed by atoms with Crippen LogP contribution in [-0.4, -0.2) is 0 Å². The van der Waals surface area contributed by atoms with Crippen LogP contribution in [-0.2, 0) is 6.18 Å². The van der Waals surface area contributed by atoms with Gasteiger partial charge < -0.3 is 0 Å². The van der Waals surface area contributed by atoms with Crippen molar-refractivity contribution in [2.24, 2.45) is 17.8 Å². The Morgan fingerprint density at radius 2 is 1.46 bits per heavy atom. The number of allylic oxidation sites excluding steroid dienone is 3. The summed E-state index contributed by atoms with van der Waals surface area (Å²) in [6, 6.07) is 7.79. The Bertz CT molecular complexity index is 723. The minimum Gasteiger partial charge on any atom is -0.193 e. The lowest BCUT2D eigenvalue weighted by atomic mass is 9.70. The molecule has 0 amide bonds. The smallest absolute Gasteiger partial charge is 0.193 e. The molecule has 4 heteroatoms. The zero-order chi connectivity index (χ0) is 20.1. The van der Waals surface area contributed by atoms with Crippen LogP contribution in [0, 0.1) is 29.1 Å². The first-order valence-corrected chi connectivity index (χ1v) is 10.3. The van der Waals surface area contributed by atoms with E-state index in [1.807, 2.05) is 6.08 Å². The summed E-state index contributed by atoms with van der Waals surface area (Å²) in [4.78, 5) is 0. The maximum atomic E-state index is 12.7. The number of nitrogens with zero attached hydrogens (tertiary/aromatic N) is 1. The van der Waals surface area contributed by atoms with Gasteiger partial charge in [-0.25, -0.2) is 0 Å². The highest BCUT2D eigenvalue weighted by Gasteiger charge is 2.32. The fourth-order valence-electron chi connectivity index (χ4n) is 4.94. The number of hydrogen-bond acceptors (Lipinski definition) is 1. The summed E-state index contributed by atoms with van der Waals surface area (Å²) >= 11 is 0. The van der Waals surface area contributed by atoms with Crippen molar-refractivity contribution in [3.8, 4) is 6.07 Å². The van der Waals surface area contributed by atoms with Crippen molar-refractivity contribution in [1.82, 2.24) is 0 Å². The standard InChI is InChI=1S/C24H28F3N/c1-17(19-6-4-18(5-7-19)3-2-16-28)20-8-10-21(11-9-20)22-12-14-23(15-13-22)24(25,26)27/h2-3,12-15,18-21H,1,4-11H2/b3-2+. The lowest BCUT2D eigenvalue weighted by molar-refractivity contribution is -0.137. The number of nitriles is 1. The van der Waals surface area contributed by atoms with E-state index in [-0.39, 0.29) is 0 Å². The Hall–Kier alpha value is -2.02. The van der Waals surface area contributed by atoms with Crippen LogP contribution < -0.4 is 0 Å². The molecule has 0 atom stereocenters. The van der Waals surface area contributed by atoms with Crippen LogP contribution in [0.1, 0.15) is 68.4 Å². The molecule has 1 aromatic rings. The highest BCUT2D eigenvalue weighted by Crippen LogP contribution is 2.44. The monoisotopic (exact) mass is 387 g/mol. The lowest BCUT2D eigenvalue weighted by Gasteiger charge is -2.36. The van der Waals surface area contributed by atoms with Crippen molar-refractivity contribution in [2.75, 3.05) is 0 Å². The summed E-state index contributed by atoms with van der Waals surface area (Å²) < 4.78 is 38.2. The van der Waals surface area contributed by atoms with Gasteiger partial charge in [0.1, 0.15) is 0 Å². The molecule has 0 aromatic heterocycles. The summed E-state index contributed by atoms with van der Waals surface area (Å²) in [5, 5.41) is 8.66. The molecule has 0 radical (unpaired) electrons. The van der Waals surface area contributed by atoms with Crippen LogP contribution in [0.4, 0.5) is 13.2 Å². The van der Waals surface area contributed by atoms with Crippen LogP contribution in [0.15, 0.2) is 48.6 Å². The van der Waals surface area contributed by atoms with Gasteiger partial charge in [-0.1, -0.05) is 30.4 Å². The molecule has 28 heavy (non-hydrogen) atoms. The van der Waals surface area contributed by atoms with Gasteiger partial charge in [0.2, 0.25) is 0 Å². The van der Waals surface area contributed by atoms with Crippen molar-refractivity contribution >= 4 is 0 Å². The second-order valence-electron chi connectivity index (χ2n) is 8.34. The average molecular weight is 387 g/mol. The second kappa shape index (κ2) is 8.99. The van der Waals surface area contributed by atoms with E-state index in [9.17, 15) is 13.2 Å². The molecule has 0 aliphatic heterocycles. The van der Waals surface area contributed by atoms with Crippen LogP contribution in [0.5, 0.6) is 0 Å². The van der Waals surface area contributed by atoms with Gasteiger partial charge in [0.15, 0.2) is 0 Å². The van der Waals surface area contributed by atoms with Gasteiger partial charge in [-0.15, -0.1) is 0 Å². The summed E-state index contributed by atoms with van der Waals surface area (Å²) in [6.07, 6.45) is 8.14. The highest BCUT2D eigenvalue weighted by atomic mass is 19.4. The number of benzene rings is 1. The van der Waals surface area contributed by atoms with Crippen molar-refractivity contribution in [3.63, 3.8) is 0 Å². The average Bonchev–Trinajstić information content (AvgIpc) is 2.72. The quantitative estimate of drug-likeness (QED) is 0.389. The number of hydrogen-bond donors (Lipinski definition) is 0. The van der Waals surface area contributed by atoms with Crippen molar-refractivity contribution in [1.29, 1.82) is 5.26 Å². The molecule has 2 fully saturated rings. The molecule has 1 nitrogen and oxygen atoms in total. The Morgan fingerprint density at radius 1 is 0.929 bits per heavy atom. The van der Waals surface area contributed by atoms with E-state index in [1.165, 1.54) is 17.7 Å². The minimum atomic E-state index is -4.27. The van der Waals surface area contributed by atoms with Gasteiger partial charge in [-0.05, 0) is 92.7 Å². The highest BCUT2D eigenvalue weighted by molar-refractivity contribution is 5.27. The van der Waals surface area contributed by atoms with E-state index in [0.29, 0.717) is 23.7 Å². The molecular formula is C24H28F3N. The maximum absolute atomic E-state index is 12.7. The van der Waals surface area contributed by atoms with Gasteiger partial charge in [0.05, 0.1) is 11.6 Å². The number of alkyl halides is 3. The fraction of sp³-hybridized carbons (Fsp3) is 0.542. The molecule has 150 valence electrons. The van der Waals surface area contributed by atoms with Gasteiger partial charge in [-0.2, -0.15) is 18.4 Å². The first-order valence-electron chi connectivity index (χ1n) is 10.3. The molecule has 0 saturated heterocycles. The summed E-state index contributed by atoms with van der Waals surface area (Å²) in [7, 11) is 0. The first kappa shape index (κ1) is 20.7. The molecule has 0 bridgehead atoms. The molecule has 3 rings (SSSR count). The molecule has 2 saturated carbocycles. The third-order valence-corrected chi connectivity index (χ3v) is 6.70. The van der Waals surface area contributed by atoms with Gasteiger partial charge in [-0.3, -0.25) is 0 Å². The zero-order valence-electron chi connectivity index (χ0n) is 16.2. The lowest BCUT2D eigenvalue weighted by Crippen LogP contribution is -2.22. The third-order valence-electron chi connectivity index (χ3n) is 6.70. The SMILES string of the molecule is C=C(C1CCC(/C=C/C#N)CC1)C1CCC(c2ccc(C(F)(F)F)cc2)CC1. The molecule has 0 spiro atoms. The van der Waals surface area contributed by atoms with Crippen molar-refractivity contribution < 1.29 is 13.2 Å². The number of halogens is 3. The van der Waals surface area contributed by atoms with E-state index < -0.39 is 11.7 Å². The fourth-order valence-corrected chi connectivity index (χ4v) is 4.94. The Balaban J connectivity index is 1.49. The predicted octanol–water partition coefficient (Wildman–Crippen LogP) is 7.42. The normalized spacial score (nSPS) is 28.8. The predicted molar refractivity (Wildman–Crippen MR) is 105 cm³/mol. The van der Waals surface area contributed by atoms with E-state index in [2.05, 4.69) is 12.6 Å². The first-order chi connectivity index (χ1) is 13.4. The topological polar surface area (TPSA) is 23.8 Å². The molecular weight excluding hydrogens is 359 g/mol. The van der Waals surface area contributed by atoms with Crippen LogP contribution in [0.2, 0.25) is 0 Å². The number of rotatable bonds is 4. The molecule has 2 aliphatic rings. The van der Waals surface area contributed by atoms with Gasteiger partial charge >= 0.3 is 6.18 Å². The van der Waals surface area contributed by atoms with Gasteiger partial charge in [0, 0.05) is 6.08 Å². The van der Waals surface area contributed by atoms with Crippen LogP contribution in [0.3, 0.4) is 0 Å². The largest absolute Gasteiger partial charge is 0.416 e. The van der Waals surface area contributed by atoms with Crippen LogP contribution >= 0.6 is 0 Å². The van der Waals surface area contributed by atoms with E-state index >= 15 is 0 Å². The molecule has 1 aromatic carbocycles. The summed E-state index contributed by atoms with van der Waals surface area (Å²) in [5.74, 6) is 2.01. The third kappa shape index (κ3) is 5.07. The van der Waals surface area contributed by atoms with Crippen LogP contribution in [0.25, 0.3) is 0 Å². The van der Waals surface area contributed by atoms with E-state index in [1.54, 1.807) is 18.2 Å². The summed E-state index contributed by atoms with van der Waals surface area (Å²) in [6.45, 7) is 4.43. The zero-order valence-corrected chi connectivity index (χ0v) is 16.2. The Labute approximate surface area is 165 Å². The van der Waals surface area contributed by atoms with Crippen molar-refractivity contribution in [2.45, 2.75) is 63.5 Å². The second-order valence-corrected chi connectivity index (χ2v) is 8.34.